The number of hydrogen-bond donors (Lipinski definition) is 0. The summed E-state index contributed by atoms with van der Waals surface area (Å²) in [5.41, 5.74) is 12.9. The Balaban J connectivity index is 0.00000561. The summed E-state index contributed by atoms with van der Waals surface area (Å²) in [6.07, 6.45) is 3.74. The maximum absolute atomic E-state index is 6.71. The molecular weight excluding hydrogens is 928 g/mol. The molecule has 5 aromatic carbocycles. The maximum Gasteiger partial charge on any atom is 2.00 e. The first kappa shape index (κ1) is 43.6. The molecule has 5 nitrogen and oxygen atoms in total. The third kappa shape index (κ3) is 8.30. The van der Waals surface area contributed by atoms with Crippen molar-refractivity contribution < 1.29 is 25.8 Å². The molecule has 0 atom stereocenters. The summed E-state index contributed by atoms with van der Waals surface area (Å²) >= 11 is 0. The molecule has 2 aromatic heterocycles. The Kier molecular flexibility index (Phi) is 11.7. The van der Waals surface area contributed by atoms with E-state index in [9.17, 15) is 0 Å². The van der Waals surface area contributed by atoms with E-state index in [2.05, 4.69) is 180 Å². The van der Waals surface area contributed by atoms with Crippen LogP contribution in [-0.2, 0) is 42.7 Å². The Hall–Kier alpha value is -5.51. The van der Waals surface area contributed by atoms with E-state index in [1.165, 1.54) is 16.7 Å². The van der Waals surface area contributed by atoms with E-state index in [0.717, 1.165) is 56.4 Å². The van der Waals surface area contributed by atoms with Gasteiger partial charge in [0.05, 0.1) is 22.5 Å². The predicted molar refractivity (Wildman–Crippen MR) is 249 cm³/mol. The van der Waals surface area contributed by atoms with Gasteiger partial charge in [-0.1, -0.05) is 117 Å². The molecule has 8 rings (SSSR count). The molecule has 0 aliphatic carbocycles. The van der Waals surface area contributed by atoms with Crippen LogP contribution in [-0.4, -0.2) is 24.1 Å². The summed E-state index contributed by atoms with van der Waals surface area (Å²) in [5.74, 6) is 1.18. The number of benzene rings is 5. The van der Waals surface area contributed by atoms with Crippen LogP contribution in [0.15, 0.2) is 140 Å². The first-order valence-corrected chi connectivity index (χ1v) is 20.9. The minimum atomic E-state index is -0.877. The molecule has 0 bridgehead atoms. The summed E-state index contributed by atoms with van der Waals surface area (Å²) in [6.45, 7) is 20.5. The molecule has 0 saturated heterocycles. The van der Waals surface area contributed by atoms with Crippen molar-refractivity contribution in [2.24, 2.45) is 0 Å². The SMILES string of the molecule is CN(C)c1ccnc(-c2[c-]c(Oc3[c-]c(C4(c5ccccn5)c5cc(C(C)(C)C)ccc5N(c5ccc(C(C)(C)C)cc5)c5ccc(C(C)(C)C)cc54)ccc3)ccc2)c1.[Pt+2]. The molecule has 1 aliphatic heterocycles. The Bertz CT molecular complexity index is 2600. The molecule has 0 N–H and O–H groups in total. The fourth-order valence-corrected chi connectivity index (χ4v) is 8.29. The molecule has 0 amide bonds. The number of fused-ring (bicyclic) bond motifs is 2. The van der Waals surface area contributed by atoms with E-state index >= 15 is 0 Å². The second kappa shape index (κ2) is 16.4. The van der Waals surface area contributed by atoms with Crippen LogP contribution in [0.1, 0.15) is 101 Å². The largest absolute Gasteiger partial charge is 2.00 e. The second-order valence-electron chi connectivity index (χ2n) is 19.3. The van der Waals surface area contributed by atoms with Gasteiger partial charge in [-0.15, -0.1) is 41.5 Å². The molecule has 61 heavy (non-hydrogen) atoms. The third-order valence-corrected chi connectivity index (χ3v) is 11.8. The van der Waals surface area contributed by atoms with Crippen LogP contribution in [0.5, 0.6) is 11.5 Å². The third-order valence-electron chi connectivity index (χ3n) is 11.8. The molecule has 1 aliphatic rings. The smallest absolute Gasteiger partial charge is 0.503 e. The average molecular weight is 984 g/mol. The average Bonchev–Trinajstić information content (AvgIpc) is 3.22. The van der Waals surface area contributed by atoms with Gasteiger partial charge in [-0.3, -0.25) is 4.98 Å². The molecule has 0 saturated carbocycles. The van der Waals surface area contributed by atoms with Crippen LogP contribution in [0.4, 0.5) is 22.7 Å². The number of rotatable bonds is 7. The van der Waals surface area contributed by atoms with Crippen molar-refractivity contribution in [2.45, 2.75) is 84.0 Å². The summed E-state index contributed by atoms with van der Waals surface area (Å²) in [5, 5.41) is 0. The van der Waals surface area contributed by atoms with E-state index in [0.29, 0.717) is 11.5 Å². The molecule has 0 unspecified atom stereocenters. The minimum Gasteiger partial charge on any atom is -0.503 e. The zero-order valence-electron chi connectivity index (χ0n) is 37.3. The quantitative estimate of drug-likeness (QED) is 0.149. The van der Waals surface area contributed by atoms with E-state index in [-0.39, 0.29) is 37.3 Å². The zero-order chi connectivity index (χ0) is 42.6. The van der Waals surface area contributed by atoms with E-state index in [4.69, 9.17) is 9.72 Å². The Morgan fingerprint density at radius 3 is 1.69 bits per heavy atom. The molecular formula is C55H56N4OPt. The van der Waals surface area contributed by atoms with Crippen molar-refractivity contribution in [2.75, 3.05) is 23.9 Å². The van der Waals surface area contributed by atoms with Crippen molar-refractivity contribution in [3.05, 3.63) is 191 Å². The zero-order valence-corrected chi connectivity index (χ0v) is 39.6. The van der Waals surface area contributed by atoms with Crippen molar-refractivity contribution in [1.29, 1.82) is 0 Å². The van der Waals surface area contributed by atoms with Crippen LogP contribution in [0.2, 0.25) is 0 Å². The fourth-order valence-electron chi connectivity index (χ4n) is 8.29. The minimum absolute atomic E-state index is 0. The Labute approximate surface area is 378 Å². The molecule has 7 aromatic rings. The number of ether oxygens (including phenoxy) is 1. The summed E-state index contributed by atoms with van der Waals surface area (Å²) in [7, 11) is 4.06. The molecule has 6 heteroatoms. The van der Waals surface area contributed by atoms with Gasteiger partial charge in [-0.25, -0.2) is 0 Å². The van der Waals surface area contributed by atoms with E-state index < -0.39 is 5.41 Å². The molecule has 3 heterocycles. The second-order valence-corrected chi connectivity index (χ2v) is 19.3. The van der Waals surface area contributed by atoms with Gasteiger partial charge in [-0.2, -0.15) is 12.1 Å². The number of hydrogen-bond acceptors (Lipinski definition) is 5. The van der Waals surface area contributed by atoms with Crippen LogP contribution >= 0.6 is 0 Å². The topological polar surface area (TPSA) is 41.5 Å². The van der Waals surface area contributed by atoms with Crippen molar-refractivity contribution in [3.8, 4) is 22.8 Å². The molecule has 0 radical (unpaired) electrons. The van der Waals surface area contributed by atoms with E-state index in [1.807, 2.05) is 62.9 Å². The number of nitrogens with zero attached hydrogens (tertiary/aromatic N) is 4. The molecule has 0 fully saturated rings. The predicted octanol–water partition coefficient (Wildman–Crippen LogP) is 13.7. The summed E-state index contributed by atoms with van der Waals surface area (Å²) in [4.78, 5) is 14.4. The fraction of sp³-hybridized carbons (Fsp3) is 0.273. The van der Waals surface area contributed by atoms with Gasteiger partial charge in [0.25, 0.3) is 0 Å². The van der Waals surface area contributed by atoms with Gasteiger partial charge in [0, 0.05) is 49.4 Å². The first-order valence-electron chi connectivity index (χ1n) is 20.9. The number of anilines is 4. The van der Waals surface area contributed by atoms with Crippen LogP contribution < -0.4 is 14.5 Å². The van der Waals surface area contributed by atoms with Gasteiger partial charge in [-0.05, 0) is 92.2 Å². The summed E-state index contributed by atoms with van der Waals surface area (Å²) in [6, 6.07) is 53.0. The first-order chi connectivity index (χ1) is 28.4. The Morgan fingerprint density at radius 2 is 1.13 bits per heavy atom. The van der Waals surface area contributed by atoms with E-state index in [1.54, 1.807) is 0 Å². The van der Waals surface area contributed by atoms with Crippen molar-refractivity contribution >= 4 is 22.7 Å². The van der Waals surface area contributed by atoms with Crippen LogP contribution in [0.25, 0.3) is 11.3 Å². The van der Waals surface area contributed by atoms with Crippen LogP contribution in [0.3, 0.4) is 0 Å². The molecule has 0 spiro atoms. The van der Waals surface area contributed by atoms with Gasteiger partial charge < -0.3 is 19.5 Å². The standard InChI is InChI=1S/C55H56N4O.Pt/c1-52(2,3)38-21-25-42(26-22-38)59-49-27-23-39(53(4,5)6)34-46(49)55(51-20-12-13-30-57-51,47-35-40(54(7,8)9)24-28-50(47)59)41-17-15-19-45(33-41)60-44-18-14-16-37(32-44)48-36-43(58(10)11)29-31-56-48;/h12-31,34-36H,1-11H3;/q-2;+2. The summed E-state index contributed by atoms with van der Waals surface area (Å²) < 4.78 is 6.71. The number of pyridine rings is 2. The van der Waals surface area contributed by atoms with Gasteiger partial charge in [0.15, 0.2) is 0 Å². The maximum atomic E-state index is 6.71. The number of aromatic nitrogens is 2. The van der Waals surface area contributed by atoms with Crippen LogP contribution in [0, 0.1) is 12.1 Å². The van der Waals surface area contributed by atoms with Gasteiger partial charge in [0.2, 0.25) is 0 Å². The monoisotopic (exact) mass is 983 g/mol. The van der Waals surface area contributed by atoms with Gasteiger partial charge >= 0.3 is 21.1 Å². The van der Waals surface area contributed by atoms with Crippen molar-refractivity contribution in [3.63, 3.8) is 0 Å². The normalized spacial score (nSPS) is 13.5. The Morgan fingerprint density at radius 1 is 0.557 bits per heavy atom. The van der Waals surface area contributed by atoms with Gasteiger partial charge in [0.1, 0.15) is 0 Å². The molecule has 312 valence electrons. The van der Waals surface area contributed by atoms with Crippen molar-refractivity contribution in [1.82, 2.24) is 9.97 Å².